The van der Waals surface area contributed by atoms with Crippen molar-refractivity contribution in [1.82, 2.24) is 15.2 Å². The maximum Gasteiger partial charge on any atom is 0.226 e. The fourth-order valence-corrected chi connectivity index (χ4v) is 2.53. The number of oxazole rings is 1. The molecule has 1 aliphatic heterocycles. The van der Waals surface area contributed by atoms with Gasteiger partial charge in [0.05, 0.1) is 5.69 Å². The van der Waals surface area contributed by atoms with Crippen molar-refractivity contribution in [2.45, 2.75) is 19.0 Å². The van der Waals surface area contributed by atoms with Crippen molar-refractivity contribution in [2.24, 2.45) is 0 Å². The summed E-state index contributed by atoms with van der Waals surface area (Å²) >= 11 is 0. The molecule has 4 nitrogen and oxygen atoms in total. The second kappa shape index (κ2) is 7.02. The Morgan fingerprint density at radius 2 is 2.33 bits per heavy atom. The van der Waals surface area contributed by atoms with Gasteiger partial charge in [-0.3, -0.25) is 4.90 Å². The number of rotatable bonds is 4. The Hall–Kier alpha value is -1.43. The Kier molecular flexibility index (Phi) is 5.33. The number of hydrogen-bond donors (Lipinski definition) is 1. The highest BCUT2D eigenvalue weighted by atomic mass is 35.5. The summed E-state index contributed by atoms with van der Waals surface area (Å²) in [5, 5.41) is 3.35. The number of nitrogens with one attached hydrogen (secondary N) is 1. The summed E-state index contributed by atoms with van der Waals surface area (Å²) in [7, 11) is 2.09. The number of likely N-dealkylation sites (N-methyl/N-ethyl adjacent to an activating group) is 1. The Morgan fingerprint density at radius 3 is 3.05 bits per heavy atom. The fraction of sp³-hybridized carbons (Fsp3) is 0.400. The molecule has 0 spiro atoms. The van der Waals surface area contributed by atoms with Gasteiger partial charge in [-0.05, 0) is 38.2 Å². The van der Waals surface area contributed by atoms with E-state index in [1.807, 2.05) is 0 Å². The average Bonchev–Trinajstić information content (AvgIpc) is 3.10. The normalized spacial score (nSPS) is 18.0. The van der Waals surface area contributed by atoms with Crippen molar-refractivity contribution in [2.75, 3.05) is 20.1 Å². The van der Waals surface area contributed by atoms with Crippen molar-refractivity contribution in [1.29, 1.82) is 0 Å². The molecule has 3 rings (SSSR count). The molecule has 0 aliphatic carbocycles. The molecular formula is C15H19ClFN3O. The highest BCUT2D eigenvalue weighted by Gasteiger charge is 2.20. The van der Waals surface area contributed by atoms with Crippen LogP contribution in [0.25, 0.3) is 11.5 Å². The fourth-order valence-electron chi connectivity index (χ4n) is 2.53. The van der Waals surface area contributed by atoms with Gasteiger partial charge in [0.1, 0.15) is 12.1 Å². The third kappa shape index (κ3) is 3.81. The molecule has 21 heavy (non-hydrogen) atoms. The van der Waals surface area contributed by atoms with Crippen LogP contribution >= 0.6 is 12.4 Å². The summed E-state index contributed by atoms with van der Waals surface area (Å²) in [5.74, 6) is 0.189. The van der Waals surface area contributed by atoms with E-state index >= 15 is 0 Å². The summed E-state index contributed by atoms with van der Waals surface area (Å²) in [6, 6.07) is 6.84. The van der Waals surface area contributed by atoms with Gasteiger partial charge in [0.15, 0.2) is 0 Å². The van der Waals surface area contributed by atoms with E-state index in [1.54, 1.807) is 18.4 Å². The predicted molar refractivity (Wildman–Crippen MR) is 81.9 cm³/mol. The minimum absolute atomic E-state index is 0. The van der Waals surface area contributed by atoms with Crippen LogP contribution in [-0.4, -0.2) is 36.1 Å². The molecule has 0 bridgehead atoms. The molecule has 0 saturated carbocycles. The first-order chi connectivity index (χ1) is 9.72. The second-order valence-corrected chi connectivity index (χ2v) is 5.22. The van der Waals surface area contributed by atoms with E-state index in [-0.39, 0.29) is 18.2 Å². The third-order valence-electron chi connectivity index (χ3n) is 3.69. The lowest BCUT2D eigenvalue weighted by Crippen LogP contribution is -2.32. The SMILES string of the molecule is CN(Cc1coc(-c2cccc(F)c2)n1)C1CCNC1.Cl. The zero-order valence-corrected chi connectivity index (χ0v) is 12.7. The molecule has 1 unspecified atom stereocenters. The minimum Gasteiger partial charge on any atom is -0.444 e. The zero-order chi connectivity index (χ0) is 13.9. The van der Waals surface area contributed by atoms with Crippen molar-refractivity contribution in [3.63, 3.8) is 0 Å². The number of benzene rings is 1. The maximum absolute atomic E-state index is 13.2. The van der Waals surface area contributed by atoms with Crippen LogP contribution in [0.1, 0.15) is 12.1 Å². The predicted octanol–water partition coefficient (Wildman–Crippen LogP) is 2.70. The molecule has 6 heteroatoms. The molecular weight excluding hydrogens is 293 g/mol. The molecule has 114 valence electrons. The number of nitrogens with zero attached hydrogens (tertiary/aromatic N) is 2. The number of halogens is 2. The van der Waals surface area contributed by atoms with Crippen LogP contribution in [0.15, 0.2) is 34.9 Å². The van der Waals surface area contributed by atoms with Crippen molar-refractivity contribution in [3.8, 4) is 11.5 Å². The van der Waals surface area contributed by atoms with E-state index in [0.717, 1.165) is 31.7 Å². The van der Waals surface area contributed by atoms with E-state index in [4.69, 9.17) is 4.42 Å². The van der Waals surface area contributed by atoms with Gasteiger partial charge in [-0.25, -0.2) is 9.37 Å². The lowest BCUT2D eigenvalue weighted by molar-refractivity contribution is 0.246. The maximum atomic E-state index is 13.2. The van der Waals surface area contributed by atoms with E-state index < -0.39 is 0 Å². The smallest absolute Gasteiger partial charge is 0.226 e. The Balaban J connectivity index is 0.00000161. The summed E-state index contributed by atoms with van der Waals surface area (Å²) < 4.78 is 18.6. The minimum atomic E-state index is -0.281. The standard InChI is InChI=1S/C15H18FN3O.ClH/c1-19(14-5-6-17-8-14)9-13-10-20-15(18-13)11-3-2-4-12(16)7-11;/h2-4,7,10,14,17H,5-6,8-9H2,1H3;1H. The topological polar surface area (TPSA) is 41.3 Å². The summed E-state index contributed by atoms with van der Waals surface area (Å²) in [6.45, 7) is 2.83. The largest absolute Gasteiger partial charge is 0.444 e. The third-order valence-corrected chi connectivity index (χ3v) is 3.69. The first-order valence-corrected chi connectivity index (χ1v) is 6.83. The Labute approximate surface area is 129 Å². The second-order valence-electron chi connectivity index (χ2n) is 5.22. The van der Waals surface area contributed by atoms with Gasteiger partial charge < -0.3 is 9.73 Å². The van der Waals surface area contributed by atoms with Gasteiger partial charge in [0.2, 0.25) is 5.89 Å². The molecule has 1 N–H and O–H groups in total. The summed E-state index contributed by atoms with van der Waals surface area (Å²) in [5.41, 5.74) is 1.54. The van der Waals surface area contributed by atoms with Crippen LogP contribution in [0.2, 0.25) is 0 Å². The van der Waals surface area contributed by atoms with Crippen LogP contribution < -0.4 is 5.32 Å². The first kappa shape index (κ1) is 15.9. The molecule has 0 amide bonds. The van der Waals surface area contributed by atoms with Crippen LogP contribution in [0.3, 0.4) is 0 Å². The van der Waals surface area contributed by atoms with Crippen molar-refractivity contribution in [3.05, 3.63) is 42.0 Å². The molecule has 1 aliphatic rings. The number of hydrogen-bond acceptors (Lipinski definition) is 4. The van der Waals surface area contributed by atoms with E-state index in [0.29, 0.717) is 17.5 Å². The highest BCUT2D eigenvalue weighted by Crippen LogP contribution is 2.20. The van der Waals surface area contributed by atoms with Gasteiger partial charge >= 0.3 is 0 Å². The van der Waals surface area contributed by atoms with Gasteiger partial charge in [-0.2, -0.15) is 0 Å². The van der Waals surface area contributed by atoms with Gasteiger partial charge in [0.25, 0.3) is 0 Å². The zero-order valence-electron chi connectivity index (χ0n) is 11.9. The van der Waals surface area contributed by atoms with Crippen LogP contribution in [0.5, 0.6) is 0 Å². The summed E-state index contributed by atoms with van der Waals surface area (Å²) in [4.78, 5) is 6.71. The van der Waals surface area contributed by atoms with Gasteiger partial charge in [0, 0.05) is 24.7 Å². The molecule has 1 aromatic heterocycles. The lowest BCUT2D eigenvalue weighted by atomic mass is 10.2. The van der Waals surface area contributed by atoms with Crippen LogP contribution in [0.4, 0.5) is 4.39 Å². The van der Waals surface area contributed by atoms with E-state index in [2.05, 4.69) is 22.2 Å². The Morgan fingerprint density at radius 1 is 1.48 bits per heavy atom. The monoisotopic (exact) mass is 311 g/mol. The molecule has 1 saturated heterocycles. The van der Waals surface area contributed by atoms with Crippen LogP contribution in [0, 0.1) is 5.82 Å². The quantitative estimate of drug-likeness (QED) is 0.942. The Bertz CT molecular complexity index is 584. The average molecular weight is 312 g/mol. The van der Waals surface area contributed by atoms with Gasteiger partial charge in [-0.1, -0.05) is 6.07 Å². The first-order valence-electron chi connectivity index (χ1n) is 6.83. The molecule has 1 atom stereocenters. The molecule has 1 fully saturated rings. The van der Waals surface area contributed by atoms with Crippen LogP contribution in [-0.2, 0) is 6.54 Å². The lowest BCUT2D eigenvalue weighted by Gasteiger charge is -2.21. The van der Waals surface area contributed by atoms with Crippen molar-refractivity contribution >= 4 is 12.4 Å². The number of aromatic nitrogens is 1. The molecule has 0 radical (unpaired) electrons. The van der Waals surface area contributed by atoms with E-state index in [1.165, 1.54) is 12.1 Å². The van der Waals surface area contributed by atoms with E-state index in [9.17, 15) is 4.39 Å². The molecule has 2 heterocycles. The molecule has 2 aromatic rings. The van der Waals surface area contributed by atoms with Crippen molar-refractivity contribution < 1.29 is 8.81 Å². The molecule has 1 aromatic carbocycles. The summed E-state index contributed by atoms with van der Waals surface area (Å²) in [6.07, 6.45) is 2.81. The van der Waals surface area contributed by atoms with Gasteiger partial charge in [-0.15, -0.1) is 12.4 Å². The highest BCUT2D eigenvalue weighted by molar-refractivity contribution is 5.85.